The minimum absolute atomic E-state index is 0.160. The van der Waals surface area contributed by atoms with Crippen molar-refractivity contribution in [2.45, 2.75) is 40.5 Å². The molecule has 1 N–H and O–H groups in total. The Hall–Kier alpha value is -1.35. The predicted octanol–water partition coefficient (Wildman–Crippen LogP) is 3.05. The first kappa shape index (κ1) is 15.7. The maximum Gasteiger partial charge on any atom is 0.240 e. The molecule has 1 aromatic rings. The number of amides is 1. The van der Waals surface area contributed by atoms with Crippen molar-refractivity contribution < 1.29 is 4.79 Å². The number of hydrogen-bond acceptors (Lipinski definition) is 2. The third-order valence-electron chi connectivity index (χ3n) is 3.27. The van der Waals surface area contributed by atoms with E-state index in [2.05, 4.69) is 38.2 Å². The summed E-state index contributed by atoms with van der Waals surface area (Å²) in [5.41, 5.74) is 3.42. The minimum Gasteiger partial charge on any atom is -0.311 e. The van der Waals surface area contributed by atoms with Crippen LogP contribution < -0.4 is 10.2 Å². The van der Waals surface area contributed by atoms with Crippen LogP contribution in [-0.4, -0.2) is 25.5 Å². The summed E-state index contributed by atoms with van der Waals surface area (Å²) >= 11 is 0. The van der Waals surface area contributed by atoms with Gasteiger partial charge in [0.25, 0.3) is 0 Å². The zero-order chi connectivity index (χ0) is 14.3. The molecule has 106 valence electrons. The first-order valence-electron chi connectivity index (χ1n) is 7.19. The van der Waals surface area contributed by atoms with Gasteiger partial charge in [0.1, 0.15) is 0 Å². The standard InChI is InChI=1S/C16H26N2O/c1-5-7-11-18(15(19)12-17-6-2)16-13(3)9-8-10-14(16)4/h8-10,17H,5-7,11-12H2,1-4H3. The van der Waals surface area contributed by atoms with Gasteiger partial charge in [-0.05, 0) is 37.9 Å². The molecule has 0 aromatic heterocycles. The zero-order valence-electron chi connectivity index (χ0n) is 12.6. The molecule has 19 heavy (non-hydrogen) atoms. The molecule has 0 saturated heterocycles. The van der Waals surface area contributed by atoms with Crippen LogP contribution in [0.1, 0.15) is 37.8 Å². The largest absolute Gasteiger partial charge is 0.311 e. The molecule has 1 amide bonds. The number of benzene rings is 1. The fourth-order valence-corrected chi connectivity index (χ4v) is 2.24. The molecule has 0 aliphatic rings. The van der Waals surface area contributed by atoms with Crippen LogP contribution in [0.5, 0.6) is 0 Å². The van der Waals surface area contributed by atoms with Crippen LogP contribution in [0.2, 0.25) is 0 Å². The van der Waals surface area contributed by atoms with E-state index >= 15 is 0 Å². The first-order chi connectivity index (χ1) is 9.11. The quantitative estimate of drug-likeness (QED) is 0.819. The lowest BCUT2D eigenvalue weighted by Gasteiger charge is -2.26. The number of unbranched alkanes of at least 4 members (excludes halogenated alkanes) is 1. The van der Waals surface area contributed by atoms with E-state index in [1.165, 1.54) is 11.1 Å². The summed E-state index contributed by atoms with van der Waals surface area (Å²) in [5.74, 6) is 0.160. The molecular formula is C16H26N2O. The van der Waals surface area contributed by atoms with E-state index in [0.29, 0.717) is 6.54 Å². The lowest BCUT2D eigenvalue weighted by Crippen LogP contribution is -2.39. The highest BCUT2D eigenvalue weighted by Crippen LogP contribution is 2.25. The third-order valence-corrected chi connectivity index (χ3v) is 3.27. The minimum atomic E-state index is 0.160. The van der Waals surface area contributed by atoms with E-state index in [-0.39, 0.29) is 5.91 Å². The Bertz CT molecular complexity index is 395. The van der Waals surface area contributed by atoms with Crippen molar-refractivity contribution in [3.05, 3.63) is 29.3 Å². The Morgan fingerprint density at radius 2 is 1.84 bits per heavy atom. The summed E-state index contributed by atoms with van der Waals surface area (Å²) in [5, 5.41) is 3.12. The van der Waals surface area contributed by atoms with Crippen LogP contribution in [0.3, 0.4) is 0 Å². The molecule has 0 fully saturated rings. The SMILES string of the molecule is CCCCN(C(=O)CNCC)c1c(C)cccc1C. The number of nitrogens with one attached hydrogen (secondary N) is 1. The van der Waals surface area contributed by atoms with Gasteiger partial charge in [-0.15, -0.1) is 0 Å². The van der Waals surface area contributed by atoms with Gasteiger partial charge in [-0.1, -0.05) is 38.5 Å². The van der Waals surface area contributed by atoms with Gasteiger partial charge >= 0.3 is 0 Å². The van der Waals surface area contributed by atoms with Crippen molar-refractivity contribution >= 4 is 11.6 Å². The normalized spacial score (nSPS) is 10.5. The summed E-state index contributed by atoms with van der Waals surface area (Å²) < 4.78 is 0. The van der Waals surface area contributed by atoms with Crippen LogP contribution in [0.15, 0.2) is 18.2 Å². The molecule has 0 unspecified atom stereocenters. The Kier molecular flexibility index (Phi) is 6.57. The van der Waals surface area contributed by atoms with Gasteiger partial charge < -0.3 is 10.2 Å². The molecule has 0 atom stereocenters. The van der Waals surface area contributed by atoms with Crippen LogP contribution >= 0.6 is 0 Å². The van der Waals surface area contributed by atoms with E-state index in [1.807, 2.05) is 17.9 Å². The molecule has 0 radical (unpaired) electrons. The lowest BCUT2D eigenvalue weighted by atomic mass is 10.1. The number of nitrogens with zero attached hydrogens (tertiary/aromatic N) is 1. The monoisotopic (exact) mass is 262 g/mol. The van der Waals surface area contributed by atoms with Crippen LogP contribution in [-0.2, 0) is 4.79 Å². The second-order valence-corrected chi connectivity index (χ2v) is 4.92. The Morgan fingerprint density at radius 3 is 2.37 bits per heavy atom. The van der Waals surface area contributed by atoms with E-state index < -0.39 is 0 Å². The maximum absolute atomic E-state index is 12.4. The number of para-hydroxylation sites is 1. The molecule has 0 bridgehead atoms. The fraction of sp³-hybridized carbons (Fsp3) is 0.562. The number of hydrogen-bond donors (Lipinski definition) is 1. The van der Waals surface area contributed by atoms with Gasteiger partial charge in [0.2, 0.25) is 5.91 Å². The van der Waals surface area contributed by atoms with Gasteiger partial charge in [0.15, 0.2) is 0 Å². The summed E-state index contributed by atoms with van der Waals surface area (Å²) in [6.45, 7) is 10.3. The molecule has 0 heterocycles. The topological polar surface area (TPSA) is 32.3 Å². The Morgan fingerprint density at radius 1 is 1.21 bits per heavy atom. The highest BCUT2D eigenvalue weighted by atomic mass is 16.2. The van der Waals surface area contributed by atoms with Gasteiger partial charge in [0.05, 0.1) is 6.54 Å². The number of anilines is 1. The number of rotatable bonds is 7. The van der Waals surface area contributed by atoms with Crippen LogP contribution in [0, 0.1) is 13.8 Å². The van der Waals surface area contributed by atoms with Crippen molar-refractivity contribution in [3.63, 3.8) is 0 Å². The first-order valence-corrected chi connectivity index (χ1v) is 7.19. The molecule has 0 saturated carbocycles. The van der Waals surface area contributed by atoms with Crippen molar-refractivity contribution in [1.29, 1.82) is 0 Å². The molecule has 0 aliphatic heterocycles. The maximum atomic E-state index is 12.4. The highest BCUT2D eigenvalue weighted by molar-refractivity contribution is 5.96. The molecular weight excluding hydrogens is 236 g/mol. The highest BCUT2D eigenvalue weighted by Gasteiger charge is 2.18. The van der Waals surface area contributed by atoms with E-state index in [1.54, 1.807) is 0 Å². The Balaban J connectivity index is 2.98. The van der Waals surface area contributed by atoms with Crippen LogP contribution in [0.4, 0.5) is 5.69 Å². The average Bonchev–Trinajstić information content (AvgIpc) is 2.39. The number of carbonyl (C=O) groups is 1. The number of carbonyl (C=O) groups excluding carboxylic acids is 1. The molecule has 3 heteroatoms. The molecule has 0 spiro atoms. The second-order valence-electron chi connectivity index (χ2n) is 4.92. The average molecular weight is 262 g/mol. The number of likely N-dealkylation sites (N-methyl/N-ethyl adjacent to an activating group) is 1. The van der Waals surface area contributed by atoms with Gasteiger partial charge in [0, 0.05) is 12.2 Å². The number of aryl methyl sites for hydroxylation is 2. The van der Waals surface area contributed by atoms with Crippen molar-refractivity contribution in [2.24, 2.45) is 0 Å². The summed E-state index contributed by atoms with van der Waals surface area (Å²) in [6.07, 6.45) is 2.13. The summed E-state index contributed by atoms with van der Waals surface area (Å²) in [6, 6.07) is 6.19. The molecule has 0 aliphatic carbocycles. The smallest absolute Gasteiger partial charge is 0.240 e. The lowest BCUT2D eigenvalue weighted by molar-refractivity contribution is -0.117. The fourth-order valence-electron chi connectivity index (χ4n) is 2.24. The van der Waals surface area contributed by atoms with Crippen LogP contribution in [0.25, 0.3) is 0 Å². The van der Waals surface area contributed by atoms with E-state index in [4.69, 9.17) is 0 Å². The molecule has 3 nitrogen and oxygen atoms in total. The summed E-state index contributed by atoms with van der Waals surface area (Å²) in [7, 11) is 0. The van der Waals surface area contributed by atoms with Gasteiger partial charge in [-0.2, -0.15) is 0 Å². The van der Waals surface area contributed by atoms with Gasteiger partial charge in [-0.25, -0.2) is 0 Å². The van der Waals surface area contributed by atoms with Crippen molar-refractivity contribution in [2.75, 3.05) is 24.5 Å². The van der Waals surface area contributed by atoms with Gasteiger partial charge in [-0.3, -0.25) is 4.79 Å². The van der Waals surface area contributed by atoms with Crippen molar-refractivity contribution in [3.8, 4) is 0 Å². The molecule has 1 aromatic carbocycles. The molecule has 1 rings (SSSR count). The third kappa shape index (κ3) is 4.35. The Labute approximate surface area is 117 Å². The van der Waals surface area contributed by atoms with E-state index in [0.717, 1.165) is 31.6 Å². The summed E-state index contributed by atoms with van der Waals surface area (Å²) in [4.78, 5) is 14.3. The van der Waals surface area contributed by atoms with E-state index in [9.17, 15) is 4.79 Å². The zero-order valence-corrected chi connectivity index (χ0v) is 12.6. The second kappa shape index (κ2) is 7.95. The predicted molar refractivity (Wildman–Crippen MR) is 81.7 cm³/mol. The van der Waals surface area contributed by atoms with Crippen molar-refractivity contribution in [1.82, 2.24) is 5.32 Å².